The van der Waals surface area contributed by atoms with E-state index in [0.717, 1.165) is 5.56 Å². The van der Waals surface area contributed by atoms with E-state index in [1.807, 2.05) is 0 Å². The van der Waals surface area contributed by atoms with E-state index < -0.39 is 12.0 Å². The molecule has 0 aliphatic carbocycles. The van der Waals surface area contributed by atoms with Crippen molar-refractivity contribution in [2.45, 2.75) is 25.8 Å². The molecule has 3 aromatic rings. The summed E-state index contributed by atoms with van der Waals surface area (Å²) in [6, 6.07) is 18.3. The van der Waals surface area contributed by atoms with Crippen molar-refractivity contribution in [3.8, 4) is 0 Å². The maximum atomic E-state index is 13.5. The number of anilines is 2. The third kappa shape index (κ3) is 6.35. The average molecular weight is 554 g/mol. The molecule has 0 unspecified atom stereocenters. The second kappa shape index (κ2) is 12.1. The van der Waals surface area contributed by atoms with Crippen LogP contribution in [-0.2, 0) is 20.7 Å². The third-order valence-corrected chi connectivity index (χ3v) is 6.69. The minimum absolute atomic E-state index is 0.147. The molecule has 1 saturated heterocycles. The quantitative estimate of drug-likeness (QED) is 0.289. The highest BCUT2D eigenvalue weighted by Crippen LogP contribution is 2.29. The van der Waals surface area contributed by atoms with Gasteiger partial charge < -0.3 is 15.0 Å². The summed E-state index contributed by atoms with van der Waals surface area (Å²) in [4.78, 5) is 41.5. The first-order valence-electron chi connectivity index (χ1n) is 12.0. The molecule has 1 heterocycles. The van der Waals surface area contributed by atoms with Crippen LogP contribution in [0.4, 0.5) is 15.8 Å². The Hall–Kier alpha value is -3.82. The second-order valence-electron chi connectivity index (χ2n) is 8.57. The van der Waals surface area contributed by atoms with Gasteiger partial charge in [0.05, 0.1) is 24.3 Å². The van der Waals surface area contributed by atoms with E-state index in [2.05, 4.69) is 5.32 Å². The summed E-state index contributed by atoms with van der Waals surface area (Å²) in [5.74, 6) is -1.50. The van der Waals surface area contributed by atoms with Gasteiger partial charge in [-0.3, -0.25) is 14.5 Å². The summed E-state index contributed by atoms with van der Waals surface area (Å²) in [5.41, 5.74) is 2.26. The molecule has 1 fully saturated rings. The van der Waals surface area contributed by atoms with Crippen LogP contribution in [-0.4, -0.2) is 47.0 Å². The summed E-state index contributed by atoms with van der Waals surface area (Å²) in [5, 5.41) is 3.57. The van der Waals surface area contributed by atoms with Gasteiger partial charge in [-0.15, -0.1) is 0 Å². The van der Waals surface area contributed by atoms with Crippen molar-refractivity contribution in [1.82, 2.24) is 4.90 Å². The second-order valence-corrected chi connectivity index (χ2v) is 9.37. The molecule has 1 aliphatic rings. The van der Waals surface area contributed by atoms with E-state index in [9.17, 15) is 18.8 Å². The fraction of sp³-hybridized carbons (Fsp3) is 0.214. The summed E-state index contributed by atoms with van der Waals surface area (Å²) in [6.07, 6.45) is 0.349. The largest absolute Gasteiger partial charge is 0.462 e. The maximum absolute atomic E-state index is 13.5. The molecule has 1 atom stereocenters. The highest BCUT2D eigenvalue weighted by molar-refractivity contribution is 7.80. The standard InChI is InChI=1S/C28H25ClFN3O4S/c1-2-37-27(36)19-5-11-22(12-6-19)31-25(34)17-24-26(35)33(23-13-7-20(29)8-14-23)28(38)32(24)16-15-18-3-9-21(30)10-4-18/h3-14,24H,2,15-17H2,1H3,(H,31,34)/t24-/m0/s1. The first kappa shape index (κ1) is 27.2. The normalized spacial score (nSPS) is 15.1. The molecule has 0 bridgehead atoms. The van der Waals surface area contributed by atoms with Crippen molar-refractivity contribution in [3.05, 3.63) is 94.8 Å². The van der Waals surface area contributed by atoms with Crippen LogP contribution in [0.3, 0.4) is 0 Å². The lowest BCUT2D eigenvalue weighted by Crippen LogP contribution is -2.39. The molecule has 7 nitrogen and oxygen atoms in total. The Morgan fingerprint density at radius 3 is 2.32 bits per heavy atom. The monoisotopic (exact) mass is 553 g/mol. The molecule has 3 aromatic carbocycles. The van der Waals surface area contributed by atoms with Crippen molar-refractivity contribution >= 4 is 58.1 Å². The van der Waals surface area contributed by atoms with Crippen molar-refractivity contribution < 1.29 is 23.5 Å². The van der Waals surface area contributed by atoms with Crippen LogP contribution in [0.25, 0.3) is 0 Å². The maximum Gasteiger partial charge on any atom is 0.338 e. The summed E-state index contributed by atoms with van der Waals surface area (Å²) in [7, 11) is 0. The van der Waals surface area contributed by atoms with Gasteiger partial charge in [-0.25, -0.2) is 9.18 Å². The van der Waals surface area contributed by atoms with E-state index in [1.165, 1.54) is 17.0 Å². The number of nitrogens with zero attached hydrogens (tertiary/aromatic N) is 2. The summed E-state index contributed by atoms with van der Waals surface area (Å²) < 4.78 is 18.3. The van der Waals surface area contributed by atoms with E-state index >= 15 is 0 Å². The number of benzene rings is 3. The average Bonchev–Trinajstić information content (AvgIpc) is 3.13. The van der Waals surface area contributed by atoms with Gasteiger partial charge in [-0.1, -0.05) is 23.7 Å². The number of rotatable bonds is 9. The zero-order chi connectivity index (χ0) is 27.2. The van der Waals surface area contributed by atoms with Gasteiger partial charge in [0.1, 0.15) is 11.9 Å². The smallest absolute Gasteiger partial charge is 0.338 e. The molecular weight excluding hydrogens is 529 g/mol. The molecule has 0 spiro atoms. The number of hydrogen-bond acceptors (Lipinski definition) is 5. The lowest BCUT2D eigenvalue weighted by atomic mass is 10.1. The van der Waals surface area contributed by atoms with E-state index in [0.29, 0.717) is 34.9 Å². The summed E-state index contributed by atoms with van der Waals surface area (Å²) in [6.45, 7) is 2.34. The molecule has 196 valence electrons. The Balaban J connectivity index is 1.51. The molecular formula is C28H25ClFN3O4S. The number of esters is 1. The zero-order valence-corrected chi connectivity index (χ0v) is 22.1. The number of nitrogens with one attached hydrogen (secondary N) is 1. The number of thiocarbonyl (C=S) groups is 1. The molecule has 1 aliphatic heterocycles. The van der Waals surface area contributed by atoms with Crippen LogP contribution in [0.1, 0.15) is 29.3 Å². The summed E-state index contributed by atoms with van der Waals surface area (Å²) >= 11 is 11.7. The fourth-order valence-electron chi connectivity index (χ4n) is 4.11. The van der Waals surface area contributed by atoms with Crippen molar-refractivity contribution in [1.29, 1.82) is 0 Å². The number of carbonyl (C=O) groups is 3. The molecule has 0 saturated carbocycles. The van der Waals surface area contributed by atoms with Gasteiger partial charge in [0, 0.05) is 17.3 Å². The fourth-order valence-corrected chi connectivity index (χ4v) is 4.65. The highest BCUT2D eigenvalue weighted by atomic mass is 35.5. The van der Waals surface area contributed by atoms with Crippen molar-refractivity contribution in [3.63, 3.8) is 0 Å². The first-order valence-corrected chi connectivity index (χ1v) is 12.8. The predicted molar refractivity (Wildman–Crippen MR) is 148 cm³/mol. The number of ether oxygens (including phenoxy) is 1. The van der Waals surface area contributed by atoms with Gasteiger partial charge in [-0.05, 0) is 91.8 Å². The van der Waals surface area contributed by atoms with Gasteiger partial charge >= 0.3 is 5.97 Å². The number of amides is 2. The number of carbonyl (C=O) groups excluding carboxylic acids is 3. The molecule has 1 N–H and O–H groups in total. The molecule has 0 aromatic heterocycles. The molecule has 10 heteroatoms. The van der Waals surface area contributed by atoms with Gasteiger partial charge in [0.15, 0.2) is 5.11 Å². The van der Waals surface area contributed by atoms with Crippen LogP contribution >= 0.6 is 23.8 Å². The minimum atomic E-state index is -0.836. The highest BCUT2D eigenvalue weighted by Gasteiger charge is 2.43. The van der Waals surface area contributed by atoms with E-state index in [4.69, 9.17) is 28.6 Å². The van der Waals surface area contributed by atoms with Crippen LogP contribution in [0.15, 0.2) is 72.8 Å². The van der Waals surface area contributed by atoms with Crippen LogP contribution in [0, 0.1) is 5.82 Å². The molecule has 0 radical (unpaired) electrons. The predicted octanol–water partition coefficient (Wildman–Crippen LogP) is 5.23. The van der Waals surface area contributed by atoms with Gasteiger partial charge in [-0.2, -0.15) is 0 Å². The lowest BCUT2D eigenvalue weighted by molar-refractivity contribution is -0.124. The Kier molecular flexibility index (Phi) is 8.70. The number of halogens is 2. The number of hydrogen-bond donors (Lipinski definition) is 1. The Labute approximate surface area is 230 Å². The van der Waals surface area contributed by atoms with E-state index in [1.54, 1.807) is 72.5 Å². The first-order chi connectivity index (χ1) is 18.3. The Bertz CT molecular complexity index is 1330. The van der Waals surface area contributed by atoms with Gasteiger partial charge in [0.2, 0.25) is 5.91 Å². The molecule has 4 rings (SSSR count). The van der Waals surface area contributed by atoms with Crippen molar-refractivity contribution in [2.75, 3.05) is 23.4 Å². The van der Waals surface area contributed by atoms with Crippen molar-refractivity contribution in [2.24, 2.45) is 0 Å². The molecule has 2 amide bonds. The topological polar surface area (TPSA) is 78.9 Å². The Morgan fingerprint density at radius 1 is 1.03 bits per heavy atom. The lowest BCUT2D eigenvalue weighted by Gasteiger charge is -2.24. The molecule has 38 heavy (non-hydrogen) atoms. The minimum Gasteiger partial charge on any atom is -0.462 e. The van der Waals surface area contributed by atoms with Crippen LogP contribution < -0.4 is 10.2 Å². The van der Waals surface area contributed by atoms with Gasteiger partial charge in [0.25, 0.3) is 5.91 Å². The van der Waals surface area contributed by atoms with Crippen LogP contribution in [0.2, 0.25) is 5.02 Å². The zero-order valence-electron chi connectivity index (χ0n) is 20.5. The van der Waals surface area contributed by atoms with E-state index in [-0.39, 0.29) is 35.8 Å². The Morgan fingerprint density at radius 2 is 1.68 bits per heavy atom. The third-order valence-electron chi connectivity index (χ3n) is 6.02. The van der Waals surface area contributed by atoms with Crippen LogP contribution in [0.5, 0.6) is 0 Å². The SMILES string of the molecule is CCOC(=O)c1ccc(NC(=O)C[C@H]2C(=O)N(c3ccc(Cl)cc3)C(=S)N2CCc2ccc(F)cc2)cc1.